The monoisotopic (exact) mass is 459 g/mol. The summed E-state index contributed by atoms with van der Waals surface area (Å²) in [5.74, 6) is -0.0961. The van der Waals surface area contributed by atoms with Gasteiger partial charge in [0.25, 0.3) is 0 Å². The summed E-state index contributed by atoms with van der Waals surface area (Å²) in [7, 11) is -3.83. The molecule has 8 heteroatoms. The molecule has 0 amide bonds. The molecule has 3 rings (SSSR count). The van der Waals surface area contributed by atoms with Crippen LogP contribution in [-0.2, 0) is 27.7 Å². The summed E-state index contributed by atoms with van der Waals surface area (Å²) >= 11 is 0. The Morgan fingerprint density at radius 2 is 1.75 bits per heavy atom. The molecule has 7 nitrogen and oxygen atoms in total. The molecule has 1 aliphatic rings. The van der Waals surface area contributed by atoms with Gasteiger partial charge in [0.15, 0.2) is 0 Å². The maximum absolute atomic E-state index is 12.4. The fourth-order valence-electron chi connectivity index (χ4n) is 3.96. The van der Waals surface area contributed by atoms with Crippen LogP contribution in [0.1, 0.15) is 62.6 Å². The molecule has 0 bridgehead atoms. The third-order valence-electron chi connectivity index (χ3n) is 5.78. The molecule has 2 aromatic rings. The highest BCUT2D eigenvalue weighted by atomic mass is 32.2. The van der Waals surface area contributed by atoms with E-state index in [0.29, 0.717) is 6.42 Å². The molecule has 1 aliphatic heterocycles. The average molecular weight is 460 g/mol. The lowest BCUT2D eigenvalue weighted by atomic mass is 10.0. The smallest absolute Gasteiger partial charge is 0.321 e. The summed E-state index contributed by atoms with van der Waals surface area (Å²) < 4.78 is 27.1. The fraction of sp³-hybridized carbons (Fsp3) is 0.500. The van der Waals surface area contributed by atoms with Gasteiger partial charge in [-0.2, -0.15) is 4.72 Å². The summed E-state index contributed by atoms with van der Waals surface area (Å²) in [6.07, 6.45) is 9.37. The maximum atomic E-state index is 12.4. The van der Waals surface area contributed by atoms with E-state index in [1.807, 2.05) is 0 Å². The average Bonchev–Trinajstić information content (AvgIpc) is 2.80. The lowest BCUT2D eigenvalue weighted by Crippen LogP contribution is -2.40. The zero-order valence-electron chi connectivity index (χ0n) is 18.4. The van der Waals surface area contributed by atoms with Crippen molar-refractivity contribution in [2.24, 2.45) is 0 Å². The van der Waals surface area contributed by atoms with Gasteiger partial charge < -0.3 is 10.4 Å². The number of aryl methyl sites for hydroxylation is 2. The Labute approximate surface area is 190 Å². The number of hydrogen-bond acceptors (Lipinski definition) is 5. The fourth-order valence-corrected chi connectivity index (χ4v) is 5.20. The van der Waals surface area contributed by atoms with Crippen molar-refractivity contribution in [3.8, 4) is 0 Å². The molecule has 2 heterocycles. The van der Waals surface area contributed by atoms with E-state index in [-0.39, 0.29) is 11.3 Å². The van der Waals surface area contributed by atoms with Crippen molar-refractivity contribution in [1.29, 1.82) is 0 Å². The molecule has 0 unspecified atom stereocenters. The second-order valence-electron chi connectivity index (χ2n) is 8.33. The second-order valence-corrected chi connectivity index (χ2v) is 10.0. The lowest BCUT2D eigenvalue weighted by Gasteiger charge is -2.17. The predicted octanol–water partition coefficient (Wildman–Crippen LogP) is 4.14. The number of hydrogen-bond donors (Lipinski definition) is 3. The van der Waals surface area contributed by atoms with E-state index in [1.165, 1.54) is 24.1 Å². The van der Waals surface area contributed by atoms with E-state index >= 15 is 0 Å². The van der Waals surface area contributed by atoms with Crippen LogP contribution in [0.3, 0.4) is 0 Å². The lowest BCUT2D eigenvalue weighted by molar-refractivity contribution is -0.139. The van der Waals surface area contributed by atoms with Crippen molar-refractivity contribution in [3.63, 3.8) is 0 Å². The standard InChI is InChI=1S/C24H33N3O4S/c28-24(29)22(27-32(30,31)21-13-7-5-8-14-21)15-9-4-2-1-3-6-12-20-17-16-19-11-10-18-25-23(19)26-20/h5,7-8,13-14,16-17,22,27H,1-4,6,9-12,15,18H2,(H,25,26)(H,28,29)/t22-/m0/s1. The highest BCUT2D eigenvalue weighted by Crippen LogP contribution is 2.20. The highest BCUT2D eigenvalue weighted by molar-refractivity contribution is 7.89. The molecule has 0 saturated heterocycles. The Kier molecular flexibility index (Phi) is 9.05. The molecule has 174 valence electrons. The number of sulfonamides is 1. The summed E-state index contributed by atoms with van der Waals surface area (Å²) in [4.78, 5) is 16.3. The van der Waals surface area contributed by atoms with E-state index < -0.39 is 22.0 Å². The Hall–Kier alpha value is -2.45. The number of benzene rings is 1. The number of aromatic nitrogens is 1. The molecular formula is C24H33N3O4S. The van der Waals surface area contributed by atoms with Crippen LogP contribution >= 0.6 is 0 Å². The molecular weight excluding hydrogens is 426 g/mol. The highest BCUT2D eigenvalue weighted by Gasteiger charge is 2.24. The molecule has 0 radical (unpaired) electrons. The SMILES string of the molecule is O=C(O)[C@H](CCCCCCCCc1ccc2c(n1)NCCC2)NS(=O)(=O)c1ccccc1. The Balaban J connectivity index is 1.31. The number of aliphatic carboxylic acids is 1. The first-order chi connectivity index (χ1) is 15.5. The molecule has 1 atom stereocenters. The third kappa shape index (κ3) is 7.31. The van der Waals surface area contributed by atoms with Gasteiger partial charge in [0.2, 0.25) is 10.0 Å². The number of nitrogens with zero attached hydrogens (tertiary/aromatic N) is 1. The quantitative estimate of drug-likeness (QED) is 0.389. The van der Waals surface area contributed by atoms with E-state index in [4.69, 9.17) is 4.98 Å². The van der Waals surface area contributed by atoms with Gasteiger partial charge >= 0.3 is 5.97 Å². The van der Waals surface area contributed by atoms with Crippen LogP contribution in [0.2, 0.25) is 0 Å². The summed E-state index contributed by atoms with van der Waals surface area (Å²) in [6.45, 7) is 1.000. The number of anilines is 1. The molecule has 0 fully saturated rings. The van der Waals surface area contributed by atoms with E-state index in [1.54, 1.807) is 18.2 Å². The van der Waals surface area contributed by atoms with Crippen molar-refractivity contribution in [2.45, 2.75) is 75.1 Å². The molecule has 1 aromatic carbocycles. The van der Waals surface area contributed by atoms with Gasteiger partial charge in [-0.1, -0.05) is 56.4 Å². The Morgan fingerprint density at radius 1 is 1.03 bits per heavy atom. The van der Waals surface area contributed by atoms with E-state index in [0.717, 1.165) is 63.0 Å². The number of pyridine rings is 1. The molecule has 3 N–H and O–H groups in total. The van der Waals surface area contributed by atoms with Gasteiger partial charge in [-0.05, 0) is 55.9 Å². The van der Waals surface area contributed by atoms with Gasteiger partial charge in [-0.3, -0.25) is 4.79 Å². The molecule has 1 aromatic heterocycles. The Morgan fingerprint density at radius 3 is 2.50 bits per heavy atom. The van der Waals surface area contributed by atoms with Gasteiger partial charge in [0, 0.05) is 12.2 Å². The van der Waals surface area contributed by atoms with Gasteiger partial charge in [0.1, 0.15) is 11.9 Å². The molecule has 32 heavy (non-hydrogen) atoms. The van der Waals surface area contributed by atoms with Crippen LogP contribution < -0.4 is 10.0 Å². The summed E-state index contributed by atoms with van der Waals surface area (Å²) in [6, 6.07) is 11.1. The first kappa shape index (κ1) is 24.2. The molecule has 0 spiro atoms. The largest absolute Gasteiger partial charge is 0.480 e. The maximum Gasteiger partial charge on any atom is 0.321 e. The minimum Gasteiger partial charge on any atom is -0.480 e. The summed E-state index contributed by atoms with van der Waals surface area (Å²) in [5, 5.41) is 12.8. The van der Waals surface area contributed by atoms with Crippen LogP contribution in [0, 0.1) is 0 Å². The molecule has 0 aliphatic carbocycles. The number of carboxylic acid groups (broad SMARTS) is 1. The van der Waals surface area contributed by atoms with E-state index in [2.05, 4.69) is 22.2 Å². The number of nitrogens with one attached hydrogen (secondary N) is 2. The number of unbranched alkanes of at least 4 members (excludes halogenated alkanes) is 5. The van der Waals surface area contributed by atoms with Crippen LogP contribution in [0.4, 0.5) is 5.82 Å². The van der Waals surface area contributed by atoms with Gasteiger partial charge in [-0.25, -0.2) is 13.4 Å². The van der Waals surface area contributed by atoms with Gasteiger partial charge in [0.05, 0.1) is 4.90 Å². The van der Waals surface area contributed by atoms with Crippen LogP contribution in [0.5, 0.6) is 0 Å². The number of carboxylic acids is 1. The van der Waals surface area contributed by atoms with Crippen molar-refractivity contribution in [1.82, 2.24) is 9.71 Å². The topological polar surface area (TPSA) is 108 Å². The normalized spacial score (nSPS) is 14.4. The van der Waals surface area contributed by atoms with Crippen molar-refractivity contribution >= 4 is 21.8 Å². The van der Waals surface area contributed by atoms with Crippen molar-refractivity contribution in [3.05, 3.63) is 53.7 Å². The zero-order chi connectivity index (χ0) is 22.8. The molecule has 0 saturated carbocycles. The van der Waals surface area contributed by atoms with E-state index in [9.17, 15) is 18.3 Å². The Bertz CT molecular complexity index is 980. The van der Waals surface area contributed by atoms with Crippen LogP contribution in [0.15, 0.2) is 47.4 Å². The number of rotatable bonds is 13. The third-order valence-corrected chi connectivity index (χ3v) is 7.26. The second kappa shape index (κ2) is 12.0. The zero-order valence-corrected chi connectivity index (χ0v) is 19.2. The minimum absolute atomic E-state index is 0.0791. The summed E-state index contributed by atoms with van der Waals surface area (Å²) in [5.41, 5.74) is 2.44. The predicted molar refractivity (Wildman–Crippen MR) is 125 cm³/mol. The number of fused-ring (bicyclic) bond motifs is 1. The first-order valence-electron chi connectivity index (χ1n) is 11.5. The van der Waals surface area contributed by atoms with Crippen LogP contribution in [0.25, 0.3) is 0 Å². The number of carbonyl (C=O) groups is 1. The van der Waals surface area contributed by atoms with Crippen molar-refractivity contribution < 1.29 is 18.3 Å². The van der Waals surface area contributed by atoms with Gasteiger partial charge in [-0.15, -0.1) is 0 Å². The minimum atomic E-state index is -3.83. The van der Waals surface area contributed by atoms with Crippen LogP contribution in [-0.4, -0.2) is 37.1 Å². The first-order valence-corrected chi connectivity index (χ1v) is 13.0. The van der Waals surface area contributed by atoms with Crippen molar-refractivity contribution in [2.75, 3.05) is 11.9 Å².